The Kier molecular flexibility index (Phi) is 2.51. The fourth-order valence-electron chi connectivity index (χ4n) is 1.33. The zero-order valence-corrected chi connectivity index (χ0v) is 8.64. The molecule has 0 fully saturated rings. The Morgan fingerprint density at radius 2 is 1.93 bits per heavy atom. The van der Waals surface area contributed by atoms with E-state index in [0.717, 1.165) is 11.1 Å². The molecule has 1 aromatic carbocycles. The molecule has 4 heteroatoms. The Hall–Kier alpha value is -1.68. The molecule has 1 aromatic heterocycles. The van der Waals surface area contributed by atoms with Gasteiger partial charge in [0.1, 0.15) is 0 Å². The molecular weight excluding hydrogens is 192 g/mol. The summed E-state index contributed by atoms with van der Waals surface area (Å²) in [6.45, 7) is 3.48. The Morgan fingerprint density at radius 1 is 1.27 bits per heavy atom. The van der Waals surface area contributed by atoms with Crippen LogP contribution in [-0.2, 0) is 0 Å². The Labute approximate surface area is 87.6 Å². The van der Waals surface area contributed by atoms with Gasteiger partial charge in [-0.2, -0.15) is 4.98 Å². The second kappa shape index (κ2) is 3.82. The summed E-state index contributed by atoms with van der Waals surface area (Å²) < 4.78 is 4.89. The van der Waals surface area contributed by atoms with E-state index in [4.69, 9.17) is 4.52 Å². The Bertz CT molecular complexity index is 446. The largest absolute Gasteiger partial charge is 0.389 e. The van der Waals surface area contributed by atoms with E-state index in [9.17, 15) is 5.11 Å². The van der Waals surface area contributed by atoms with Crippen LogP contribution < -0.4 is 0 Å². The van der Waals surface area contributed by atoms with Crippen LogP contribution >= 0.6 is 0 Å². The van der Waals surface area contributed by atoms with Crippen molar-refractivity contribution in [2.45, 2.75) is 20.0 Å². The minimum atomic E-state index is -0.453. The third kappa shape index (κ3) is 2.05. The average molecular weight is 204 g/mol. The maximum atomic E-state index is 9.34. The second-order valence-corrected chi connectivity index (χ2v) is 3.43. The van der Waals surface area contributed by atoms with Crippen molar-refractivity contribution in [3.8, 4) is 11.4 Å². The molecule has 4 nitrogen and oxygen atoms in total. The Morgan fingerprint density at radius 3 is 2.40 bits per heavy atom. The fraction of sp³-hybridized carbons (Fsp3) is 0.273. The molecule has 0 bridgehead atoms. The molecule has 0 saturated carbocycles. The summed E-state index contributed by atoms with van der Waals surface area (Å²) in [7, 11) is 0. The molecule has 0 saturated heterocycles. The highest BCUT2D eigenvalue weighted by molar-refractivity contribution is 5.54. The van der Waals surface area contributed by atoms with Crippen molar-refractivity contribution in [3.05, 3.63) is 35.7 Å². The van der Waals surface area contributed by atoms with Gasteiger partial charge in [0.05, 0.1) is 6.10 Å². The second-order valence-electron chi connectivity index (χ2n) is 3.43. The van der Waals surface area contributed by atoms with Gasteiger partial charge in [0.15, 0.2) is 0 Å². The van der Waals surface area contributed by atoms with Gasteiger partial charge in [-0.3, -0.25) is 0 Å². The van der Waals surface area contributed by atoms with Gasteiger partial charge < -0.3 is 9.63 Å². The van der Waals surface area contributed by atoms with Crippen molar-refractivity contribution in [2.75, 3.05) is 0 Å². The number of aromatic nitrogens is 2. The van der Waals surface area contributed by atoms with Crippen molar-refractivity contribution in [3.63, 3.8) is 0 Å². The van der Waals surface area contributed by atoms with E-state index in [1.165, 1.54) is 0 Å². The van der Waals surface area contributed by atoms with Crippen LogP contribution in [0.5, 0.6) is 0 Å². The highest BCUT2D eigenvalue weighted by atomic mass is 16.5. The summed E-state index contributed by atoms with van der Waals surface area (Å²) in [5.74, 6) is 1.12. The van der Waals surface area contributed by atoms with E-state index in [2.05, 4.69) is 10.1 Å². The number of aliphatic hydroxyl groups is 1. The first-order valence-corrected chi connectivity index (χ1v) is 4.75. The summed E-state index contributed by atoms with van der Waals surface area (Å²) in [5, 5.41) is 13.2. The summed E-state index contributed by atoms with van der Waals surface area (Å²) in [6.07, 6.45) is -0.453. The molecule has 0 aliphatic carbocycles. The van der Waals surface area contributed by atoms with E-state index in [-0.39, 0.29) is 0 Å². The lowest BCUT2D eigenvalue weighted by Gasteiger charge is -2.03. The Balaban J connectivity index is 2.31. The van der Waals surface area contributed by atoms with Gasteiger partial charge in [-0.05, 0) is 12.5 Å². The van der Waals surface area contributed by atoms with E-state index >= 15 is 0 Å². The third-order valence-corrected chi connectivity index (χ3v) is 2.18. The molecule has 1 atom stereocenters. The molecule has 1 N–H and O–H groups in total. The predicted molar refractivity (Wildman–Crippen MR) is 55.1 cm³/mol. The van der Waals surface area contributed by atoms with Crippen LogP contribution in [0.1, 0.15) is 24.5 Å². The summed E-state index contributed by atoms with van der Waals surface area (Å²) in [6, 6.07) is 7.44. The number of hydrogen-bond acceptors (Lipinski definition) is 4. The number of rotatable bonds is 2. The zero-order chi connectivity index (χ0) is 10.8. The SMILES string of the molecule is Cc1nc(-c2ccc(C(C)O)cc2)no1. The van der Waals surface area contributed by atoms with Gasteiger partial charge in [-0.25, -0.2) is 0 Å². The van der Waals surface area contributed by atoms with Crippen molar-refractivity contribution in [2.24, 2.45) is 0 Å². The molecular formula is C11H12N2O2. The first-order chi connectivity index (χ1) is 7.16. The standard InChI is InChI=1S/C11H12N2O2/c1-7(14)9-3-5-10(6-4-9)11-12-8(2)15-13-11/h3-7,14H,1-2H3. The molecule has 0 radical (unpaired) electrons. The number of hydrogen-bond donors (Lipinski definition) is 1. The predicted octanol–water partition coefficient (Wildman–Crippen LogP) is 2.10. The lowest BCUT2D eigenvalue weighted by atomic mass is 10.1. The minimum Gasteiger partial charge on any atom is -0.389 e. The molecule has 78 valence electrons. The minimum absolute atomic E-state index is 0.453. The normalized spacial score (nSPS) is 12.7. The van der Waals surface area contributed by atoms with E-state index in [1.54, 1.807) is 13.8 Å². The molecule has 0 aliphatic rings. The highest BCUT2D eigenvalue weighted by Crippen LogP contribution is 2.19. The maximum absolute atomic E-state index is 9.34. The summed E-state index contributed by atoms with van der Waals surface area (Å²) in [5.41, 5.74) is 1.76. The number of benzene rings is 1. The molecule has 0 spiro atoms. The molecule has 1 unspecified atom stereocenters. The molecule has 0 aliphatic heterocycles. The van der Waals surface area contributed by atoms with Crippen LogP contribution in [0.15, 0.2) is 28.8 Å². The van der Waals surface area contributed by atoms with Crippen LogP contribution in [0.2, 0.25) is 0 Å². The number of aliphatic hydroxyl groups excluding tert-OH is 1. The van der Waals surface area contributed by atoms with Crippen molar-refractivity contribution in [1.29, 1.82) is 0 Å². The van der Waals surface area contributed by atoms with Crippen LogP contribution in [-0.4, -0.2) is 15.2 Å². The van der Waals surface area contributed by atoms with Crippen molar-refractivity contribution in [1.82, 2.24) is 10.1 Å². The van der Waals surface area contributed by atoms with Gasteiger partial charge >= 0.3 is 0 Å². The zero-order valence-electron chi connectivity index (χ0n) is 8.64. The van der Waals surface area contributed by atoms with Crippen LogP contribution in [0.4, 0.5) is 0 Å². The fourth-order valence-corrected chi connectivity index (χ4v) is 1.33. The summed E-state index contributed by atoms with van der Waals surface area (Å²) in [4.78, 5) is 4.12. The molecule has 1 heterocycles. The molecule has 15 heavy (non-hydrogen) atoms. The average Bonchev–Trinajstić information content (AvgIpc) is 2.65. The summed E-state index contributed by atoms with van der Waals surface area (Å²) >= 11 is 0. The first kappa shape index (κ1) is 9.86. The maximum Gasteiger partial charge on any atom is 0.223 e. The van der Waals surface area contributed by atoms with Gasteiger partial charge in [-0.1, -0.05) is 29.4 Å². The number of nitrogens with zero attached hydrogens (tertiary/aromatic N) is 2. The quantitative estimate of drug-likeness (QED) is 0.813. The van der Waals surface area contributed by atoms with Crippen molar-refractivity contribution < 1.29 is 9.63 Å². The van der Waals surface area contributed by atoms with Gasteiger partial charge in [0.25, 0.3) is 0 Å². The lowest BCUT2D eigenvalue weighted by molar-refractivity contribution is 0.199. The molecule has 2 rings (SSSR count). The third-order valence-electron chi connectivity index (χ3n) is 2.18. The van der Waals surface area contributed by atoms with Gasteiger partial charge in [-0.15, -0.1) is 0 Å². The molecule has 0 amide bonds. The van der Waals surface area contributed by atoms with Crippen LogP contribution in [0, 0.1) is 6.92 Å². The molecule has 2 aromatic rings. The van der Waals surface area contributed by atoms with Crippen molar-refractivity contribution >= 4 is 0 Å². The van der Waals surface area contributed by atoms with Crippen LogP contribution in [0.25, 0.3) is 11.4 Å². The topological polar surface area (TPSA) is 59.2 Å². The first-order valence-electron chi connectivity index (χ1n) is 4.75. The van der Waals surface area contributed by atoms with Gasteiger partial charge in [0, 0.05) is 12.5 Å². The highest BCUT2D eigenvalue weighted by Gasteiger charge is 2.06. The lowest BCUT2D eigenvalue weighted by Crippen LogP contribution is -1.90. The smallest absolute Gasteiger partial charge is 0.223 e. The monoisotopic (exact) mass is 204 g/mol. The van der Waals surface area contributed by atoms with E-state index in [1.807, 2.05) is 24.3 Å². The van der Waals surface area contributed by atoms with E-state index in [0.29, 0.717) is 11.7 Å². The van der Waals surface area contributed by atoms with Gasteiger partial charge in [0.2, 0.25) is 11.7 Å². The number of aryl methyl sites for hydroxylation is 1. The van der Waals surface area contributed by atoms with E-state index < -0.39 is 6.10 Å². The van der Waals surface area contributed by atoms with Crippen LogP contribution in [0.3, 0.4) is 0 Å².